The number of rotatable bonds is 5. The summed E-state index contributed by atoms with van der Waals surface area (Å²) in [5, 5.41) is 12.0. The number of hydrogen-bond donors (Lipinski definition) is 2. The van der Waals surface area contributed by atoms with Crippen molar-refractivity contribution >= 4 is 17.2 Å². The van der Waals surface area contributed by atoms with Crippen molar-refractivity contribution in [2.75, 3.05) is 12.4 Å². The highest BCUT2D eigenvalue weighted by Crippen LogP contribution is 2.20. The Morgan fingerprint density at radius 3 is 2.52 bits per heavy atom. The van der Waals surface area contributed by atoms with Crippen LogP contribution in [0.1, 0.15) is 23.6 Å². The SMILES string of the molecule is COc1ccc(/C(C)=C/C(=O)Nc2cc(CO)ccc2C)cc1. The van der Waals surface area contributed by atoms with Crippen LogP contribution in [-0.4, -0.2) is 18.1 Å². The second-order valence-electron chi connectivity index (χ2n) is 5.35. The average molecular weight is 311 g/mol. The fraction of sp³-hybridized carbons (Fsp3) is 0.211. The molecule has 0 bridgehead atoms. The molecular weight excluding hydrogens is 290 g/mol. The van der Waals surface area contributed by atoms with Crippen LogP contribution in [0.25, 0.3) is 5.57 Å². The Kier molecular flexibility index (Phi) is 5.55. The van der Waals surface area contributed by atoms with Gasteiger partial charge in [0.05, 0.1) is 13.7 Å². The Bertz CT molecular complexity index is 718. The van der Waals surface area contributed by atoms with E-state index in [9.17, 15) is 9.90 Å². The number of aliphatic hydroxyl groups is 1. The summed E-state index contributed by atoms with van der Waals surface area (Å²) in [5.74, 6) is 0.582. The molecule has 0 atom stereocenters. The van der Waals surface area contributed by atoms with E-state index in [0.717, 1.165) is 28.0 Å². The molecule has 0 saturated heterocycles. The summed E-state index contributed by atoms with van der Waals surface area (Å²) in [7, 11) is 1.62. The highest BCUT2D eigenvalue weighted by atomic mass is 16.5. The van der Waals surface area contributed by atoms with E-state index in [4.69, 9.17) is 4.74 Å². The molecule has 23 heavy (non-hydrogen) atoms. The fourth-order valence-electron chi connectivity index (χ4n) is 2.20. The zero-order valence-electron chi connectivity index (χ0n) is 13.6. The number of nitrogens with one attached hydrogen (secondary N) is 1. The van der Waals surface area contributed by atoms with E-state index in [0.29, 0.717) is 5.69 Å². The van der Waals surface area contributed by atoms with Crippen molar-refractivity contribution in [2.45, 2.75) is 20.5 Å². The molecule has 2 aromatic rings. The Labute approximate surface area is 136 Å². The molecule has 0 unspecified atom stereocenters. The minimum atomic E-state index is -0.198. The van der Waals surface area contributed by atoms with Crippen LogP contribution < -0.4 is 10.1 Å². The van der Waals surface area contributed by atoms with Gasteiger partial charge in [0.15, 0.2) is 0 Å². The van der Waals surface area contributed by atoms with Crippen LogP contribution in [0.15, 0.2) is 48.5 Å². The van der Waals surface area contributed by atoms with Crippen molar-refractivity contribution in [3.05, 3.63) is 65.2 Å². The molecular formula is C19H21NO3. The molecule has 0 heterocycles. The van der Waals surface area contributed by atoms with Gasteiger partial charge in [0.25, 0.3) is 0 Å². The van der Waals surface area contributed by atoms with Crippen molar-refractivity contribution in [1.82, 2.24) is 0 Å². The second-order valence-corrected chi connectivity index (χ2v) is 5.35. The lowest BCUT2D eigenvalue weighted by molar-refractivity contribution is -0.111. The summed E-state index contributed by atoms with van der Waals surface area (Å²) in [6.07, 6.45) is 1.56. The summed E-state index contributed by atoms with van der Waals surface area (Å²) in [4.78, 5) is 12.2. The molecule has 2 aromatic carbocycles. The number of allylic oxidation sites excluding steroid dienone is 1. The van der Waals surface area contributed by atoms with Gasteiger partial charge >= 0.3 is 0 Å². The molecule has 120 valence electrons. The van der Waals surface area contributed by atoms with Crippen LogP contribution in [0, 0.1) is 6.92 Å². The highest BCUT2D eigenvalue weighted by molar-refractivity contribution is 6.04. The number of aryl methyl sites for hydroxylation is 1. The maximum Gasteiger partial charge on any atom is 0.248 e. The molecule has 0 aliphatic rings. The Hall–Kier alpha value is -2.59. The zero-order valence-corrected chi connectivity index (χ0v) is 13.6. The normalized spacial score (nSPS) is 11.2. The van der Waals surface area contributed by atoms with E-state index in [1.807, 2.05) is 50.2 Å². The average Bonchev–Trinajstić information content (AvgIpc) is 2.56. The molecule has 4 nitrogen and oxygen atoms in total. The Balaban J connectivity index is 2.13. The van der Waals surface area contributed by atoms with Gasteiger partial charge in [0, 0.05) is 11.8 Å². The molecule has 4 heteroatoms. The topological polar surface area (TPSA) is 58.6 Å². The summed E-state index contributed by atoms with van der Waals surface area (Å²) < 4.78 is 5.12. The van der Waals surface area contributed by atoms with E-state index in [1.165, 1.54) is 0 Å². The van der Waals surface area contributed by atoms with Crippen LogP contribution in [0.5, 0.6) is 5.75 Å². The molecule has 0 fully saturated rings. The van der Waals surface area contributed by atoms with Gasteiger partial charge in [-0.2, -0.15) is 0 Å². The highest BCUT2D eigenvalue weighted by Gasteiger charge is 2.05. The fourth-order valence-corrected chi connectivity index (χ4v) is 2.20. The smallest absolute Gasteiger partial charge is 0.248 e. The van der Waals surface area contributed by atoms with Gasteiger partial charge < -0.3 is 15.2 Å². The number of carbonyl (C=O) groups is 1. The van der Waals surface area contributed by atoms with Crippen molar-refractivity contribution in [1.29, 1.82) is 0 Å². The summed E-state index contributed by atoms with van der Waals surface area (Å²) in [6, 6.07) is 13.0. The third kappa shape index (κ3) is 4.44. The number of hydrogen-bond acceptors (Lipinski definition) is 3. The minimum absolute atomic E-state index is 0.0517. The quantitative estimate of drug-likeness (QED) is 0.830. The number of ether oxygens (including phenoxy) is 1. The van der Waals surface area contributed by atoms with Crippen LogP contribution in [0.2, 0.25) is 0 Å². The lowest BCUT2D eigenvalue weighted by atomic mass is 10.1. The maximum atomic E-state index is 12.2. The zero-order chi connectivity index (χ0) is 16.8. The molecule has 1 amide bonds. The predicted molar refractivity (Wildman–Crippen MR) is 92.4 cm³/mol. The van der Waals surface area contributed by atoms with Crippen LogP contribution in [0.3, 0.4) is 0 Å². The lowest BCUT2D eigenvalue weighted by Gasteiger charge is -2.09. The van der Waals surface area contributed by atoms with E-state index < -0.39 is 0 Å². The molecule has 2 N–H and O–H groups in total. The molecule has 2 rings (SSSR count). The Morgan fingerprint density at radius 1 is 1.22 bits per heavy atom. The van der Waals surface area contributed by atoms with Crippen molar-refractivity contribution in [2.24, 2.45) is 0 Å². The number of amides is 1. The number of carbonyl (C=O) groups excluding carboxylic acids is 1. The van der Waals surface area contributed by atoms with Gasteiger partial charge in [-0.1, -0.05) is 24.3 Å². The molecule has 0 radical (unpaired) electrons. The van der Waals surface area contributed by atoms with Gasteiger partial charge in [0.1, 0.15) is 5.75 Å². The standard InChI is InChI=1S/C19H21NO3/c1-13-4-5-15(12-21)11-18(13)20-19(22)10-14(2)16-6-8-17(23-3)9-7-16/h4-11,21H,12H2,1-3H3,(H,20,22)/b14-10+. The summed E-state index contributed by atoms with van der Waals surface area (Å²) in [6.45, 7) is 3.75. The number of anilines is 1. The van der Waals surface area contributed by atoms with Gasteiger partial charge in [-0.25, -0.2) is 0 Å². The first-order valence-corrected chi connectivity index (χ1v) is 7.37. The third-order valence-corrected chi connectivity index (χ3v) is 3.64. The number of methoxy groups -OCH3 is 1. The molecule has 0 aliphatic heterocycles. The van der Waals surface area contributed by atoms with Crippen LogP contribution >= 0.6 is 0 Å². The number of benzene rings is 2. The van der Waals surface area contributed by atoms with Gasteiger partial charge in [-0.15, -0.1) is 0 Å². The molecule has 0 aromatic heterocycles. The van der Waals surface area contributed by atoms with E-state index in [1.54, 1.807) is 19.3 Å². The van der Waals surface area contributed by atoms with E-state index >= 15 is 0 Å². The summed E-state index contributed by atoms with van der Waals surface area (Å²) >= 11 is 0. The first-order chi connectivity index (χ1) is 11.0. The van der Waals surface area contributed by atoms with Crippen LogP contribution in [0.4, 0.5) is 5.69 Å². The maximum absolute atomic E-state index is 12.2. The largest absolute Gasteiger partial charge is 0.497 e. The first-order valence-electron chi connectivity index (χ1n) is 7.37. The van der Waals surface area contributed by atoms with Crippen LogP contribution in [-0.2, 0) is 11.4 Å². The first kappa shape index (κ1) is 16.8. The van der Waals surface area contributed by atoms with Crippen molar-refractivity contribution in [3.8, 4) is 5.75 Å². The summed E-state index contributed by atoms with van der Waals surface area (Å²) in [5.41, 5.74) is 4.25. The van der Waals surface area contributed by atoms with Crippen molar-refractivity contribution in [3.63, 3.8) is 0 Å². The van der Waals surface area contributed by atoms with Crippen molar-refractivity contribution < 1.29 is 14.6 Å². The molecule has 0 saturated carbocycles. The minimum Gasteiger partial charge on any atom is -0.497 e. The molecule has 0 spiro atoms. The van der Waals surface area contributed by atoms with Gasteiger partial charge in [-0.05, 0) is 54.3 Å². The van der Waals surface area contributed by atoms with E-state index in [2.05, 4.69) is 5.32 Å². The van der Waals surface area contributed by atoms with E-state index in [-0.39, 0.29) is 12.5 Å². The predicted octanol–water partition coefficient (Wildman–Crippen LogP) is 3.54. The molecule has 0 aliphatic carbocycles. The lowest BCUT2D eigenvalue weighted by Crippen LogP contribution is -2.10. The third-order valence-electron chi connectivity index (χ3n) is 3.64. The van der Waals surface area contributed by atoms with Gasteiger partial charge in [-0.3, -0.25) is 4.79 Å². The Morgan fingerprint density at radius 2 is 1.91 bits per heavy atom. The number of aliphatic hydroxyl groups excluding tert-OH is 1. The van der Waals surface area contributed by atoms with Gasteiger partial charge in [0.2, 0.25) is 5.91 Å². The monoisotopic (exact) mass is 311 g/mol. The second kappa shape index (κ2) is 7.61.